The number of amides is 2. The first-order valence-electron chi connectivity index (χ1n) is 11.8. The molecule has 2 N–H and O–H groups in total. The maximum atomic E-state index is 13.1. The zero-order valence-corrected chi connectivity index (χ0v) is 21.3. The standard InChI is InChI=1S/C24H36N6O5/c1-23(2,3)35-21(31)28-17-7-9-18(10-8-17)30(22(32)34-15-24(4,5)33)20-13-25-19(12-26-20)16-11-27-29(6)14-16/h11-14,17-18,33H,7-10,15H2,1-6H3,(H,28,31). The molecule has 1 aliphatic carbocycles. The number of carbonyl (C=O) groups excluding carboxylic acids is 2. The summed E-state index contributed by atoms with van der Waals surface area (Å²) in [6.07, 6.45) is 8.21. The van der Waals surface area contributed by atoms with Gasteiger partial charge >= 0.3 is 12.2 Å². The van der Waals surface area contributed by atoms with Crippen LogP contribution in [-0.2, 0) is 16.5 Å². The fourth-order valence-corrected chi connectivity index (χ4v) is 3.84. The molecule has 192 valence electrons. The van der Waals surface area contributed by atoms with Crippen LogP contribution in [0, 0.1) is 0 Å². The van der Waals surface area contributed by atoms with Gasteiger partial charge in [0.15, 0.2) is 5.82 Å². The van der Waals surface area contributed by atoms with E-state index < -0.39 is 23.4 Å². The molecule has 0 aliphatic heterocycles. The number of rotatable bonds is 6. The summed E-state index contributed by atoms with van der Waals surface area (Å²) in [4.78, 5) is 35.7. The number of ether oxygens (including phenoxy) is 2. The maximum Gasteiger partial charge on any atom is 0.415 e. The molecular weight excluding hydrogens is 452 g/mol. The fourth-order valence-electron chi connectivity index (χ4n) is 3.84. The van der Waals surface area contributed by atoms with Crippen molar-refractivity contribution in [2.45, 2.75) is 83.6 Å². The minimum atomic E-state index is -1.16. The monoisotopic (exact) mass is 488 g/mol. The van der Waals surface area contributed by atoms with Crippen molar-refractivity contribution < 1.29 is 24.2 Å². The summed E-state index contributed by atoms with van der Waals surface area (Å²) in [7, 11) is 1.82. The van der Waals surface area contributed by atoms with Gasteiger partial charge < -0.3 is 19.9 Å². The summed E-state index contributed by atoms with van der Waals surface area (Å²) in [6, 6.07) is -0.242. The minimum Gasteiger partial charge on any atom is -0.446 e. The predicted octanol–water partition coefficient (Wildman–Crippen LogP) is 3.43. The van der Waals surface area contributed by atoms with Crippen molar-refractivity contribution in [1.82, 2.24) is 25.1 Å². The molecule has 0 bridgehead atoms. The fraction of sp³-hybridized carbons (Fsp3) is 0.625. The highest BCUT2D eigenvalue weighted by Crippen LogP contribution is 2.28. The van der Waals surface area contributed by atoms with Crippen molar-refractivity contribution >= 4 is 18.0 Å². The molecule has 3 rings (SSSR count). The first kappa shape index (κ1) is 26.4. The number of anilines is 1. The van der Waals surface area contributed by atoms with E-state index in [4.69, 9.17) is 9.47 Å². The normalized spacial score (nSPS) is 18.6. The van der Waals surface area contributed by atoms with E-state index in [0.29, 0.717) is 37.2 Å². The van der Waals surface area contributed by atoms with Gasteiger partial charge in [0, 0.05) is 30.9 Å². The van der Waals surface area contributed by atoms with Gasteiger partial charge in [-0.1, -0.05) is 0 Å². The molecule has 2 aromatic heterocycles. The maximum absolute atomic E-state index is 13.1. The van der Waals surface area contributed by atoms with Gasteiger partial charge in [-0.15, -0.1) is 0 Å². The molecule has 11 nitrogen and oxygen atoms in total. The lowest BCUT2D eigenvalue weighted by atomic mass is 9.90. The average molecular weight is 489 g/mol. The number of aliphatic hydroxyl groups is 1. The van der Waals surface area contributed by atoms with Crippen molar-refractivity contribution in [2.75, 3.05) is 11.5 Å². The third kappa shape index (κ3) is 7.91. The van der Waals surface area contributed by atoms with Crippen molar-refractivity contribution in [3.05, 3.63) is 24.8 Å². The number of aryl methyl sites for hydroxylation is 1. The highest BCUT2D eigenvalue weighted by atomic mass is 16.6. The van der Waals surface area contributed by atoms with Gasteiger partial charge in [0.1, 0.15) is 12.2 Å². The third-order valence-corrected chi connectivity index (χ3v) is 5.41. The van der Waals surface area contributed by atoms with Crippen LogP contribution in [-0.4, -0.2) is 66.9 Å². The summed E-state index contributed by atoms with van der Waals surface area (Å²) in [6.45, 7) is 8.45. The lowest BCUT2D eigenvalue weighted by Crippen LogP contribution is -2.48. The van der Waals surface area contributed by atoms with E-state index in [9.17, 15) is 14.7 Å². The van der Waals surface area contributed by atoms with Gasteiger partial charge in [-0.2, -0.15) is 5.10 Å². The highest BCUT2D eigenvalue weighted by Gasteiger charge is 2.34. The van der Waals surface area contributed by atoms with Crippen LogP contribution in [0.1, 0.15) is 60.3 Å². The summed E-state index contributed by atoms with van der Waals surface area (Å²) in [5.41, 5.74) is -0.275. The van der Waals surface area contributed by atoms with Crippen LogP contribution in [0.15, 0.2) is 24.8 Å². The van der Waals surface area contributed by atoms with Gasteiger partial charge in [-0.3, -0.25) is 14.6 Å². The van der Waals surface area contributed by atoms with Gasteiger partial charge in [-0.25, -0.2) is 14.6 Å². The zero-order chi connectivity index (χ0) is 25.8. The zero-order valence-electron chi connectivity index (χ0n) is 21.3. The Balaban J connectivity index is 1.72. The van der Waals surface area contributed by atoms with Crippen LogP contribution in [0.4, 0.5) is 15.4 Å². The van der Waals surface area contributed by atoms with Crippen LogP contribution in [0.25, 0.3) is 11.3 Å². The van der Waals surface area contributed by atoms with Crippen molar-refractivity contribution in [2.24, 2.45) is 7.05 Å². The molecule has 11 heteroatoms. The van der Waals surface area contributed by atoms with Crippen LogP contribution >= 0.6 is 0 Å². The number of carbonyl (C=O) groups is 2. The second-order valence-corrected chi connectivity index (χ2v) is 10.6. The van der Waals surface area contributed by atoms with Gasteiger partial charge in [0.25, 0.3) is 0 Å². The minimum absolute atomic E-state index is 0.0469. The molecular formula is C24H36N6O5. The Hall–Kier alpha value is -3.21. The summed E-state index contributed by atoms with van der Waals surface area (Å²) in [5, 5.41) is 17.1. The molecule has 0 aromatic carbocycles. The first-order chi connectivity index (χ1) is 16.3. The van der Waals surface area contributed by atoms with E-state index in [-0.39, 0.29) is 18.7 Å². The Bertz CT molecular complexity index is 1000. The summed E-state index contributed by atoms with van der Waals surface area (Å²) >= 11 is 0. The van der Waals surface area contributed by atoms with Crippen molar-refractivity contribution in [3.63, 3.8) is 0 Å². The smallest absolute Gasteiger partial charge is 0.415 e. The Morgan fingerprint density at radius 3 is 2.31 bits per heavy atom. The van der Waals surface area contributed by atoms with Crippen molar-refractivity contribution in [1.29, 1.82) is 0 Å². The molecule has 2 aromatic rings. The molecule has 1 saturated carbocycles. The Labute approximate surface area is 205 Å². The van der Waals surface area contributed by atoms with E-state index in [0.717, 1.165) is 5.56 Å². The Morgan fingerprint density at radius 2 is 1.80 bits per heavy atom. The molecule has 0 saturated heterocycles. The quantitative estimate of drug-likeness (QED) is 0.632. The second-order valence-electron chi connectivity index (χ2n) is 10.6. The lowest BCUT2D eigenvalue weighted by Gasteiger charge is -2.36. The molecule has 2 heterocycles. The first-order valence-corrected chi connectivity index (χ1v) is 11.8. The number of hydrogen-bond acceptors (Lipinski definition) is 8. The molecule has 2 amide bonds. The molecule has 0 spiro atoms. The van der Waals surface area contributed by atoms with Crippen LogP contribution < -0.4 is 10.2 Å². The second kappa shape index (κ2) is 10.6. The van der Waals surface area contributed by atoms with E-state index in [1.807, 2.05) is 34.0 Å². The number of nitrogens with one attached hydrogen (secondary N) is 1. The van der Waals surface area contributed by atoms with E-state index in [2.05, 4.69) is 20.4 Å². The molecule has 1 aliphatic rings. The molecule has 0 unspecified atom stereocenters. The van der Waals surface area contributed by atoms with E-state index in [1.54, 1.807) is 37.1 Å². The Morgan fingerprint density at radius 1 is 1.11 bits per heavy atom. The Kier molecular flexibility index (Phi) is 7.99. The number of aromatic nitrogens is 4. The summed E-state index contributed by atoms with van der Waals surface area (Å²) in [5.74, 6) is 0.363. The van der Waals surface area contributed by atoms with Gasteiger partial charge in [-0.05, 0) is 60.3 Å². The van der Waals surface area contributed by atoms with E-state index >= 15 is 0 Å². The summed E-state index contributed by atoms with van der Waals surface area (Å²) < 4.78 is 12.4. The van der Waals surface area contributed by atoms with Crippen LogP contribution in [0.2, 0.25) is 0 Å². The number of hydrogen-bond donors (Lipinski definition) is 2. The van der Waals surface area contributed by atoms with Crippen LogP contribution in [0.3, 0.4) is 0 Å². The van der Waals surface area contributed by atoms with Gasteiger partial charge in [0.05, 0.1) is 29.9 Å². The van der Waals surface area contributed by atoms with Crippen molar-refractivity contribution in [3.8, 4) is 11.3 Å². The lowest BCUT2D eigenvalue weighted by molar-refractivity contribution is 0.00803. The van der Waals surface area contributed by atoms with E-state index in [1.165, 1.54) is 4.90 Å². The third-order valence-electron chi connectivity index (χ3n) is 5.41. The average Bonchev–Trinajstić information content (AvgIpc) is 3.18. The topological polar surface area (TPSA) is 132 Å². The molecule has 0 atom stereocenters. The largest absolute Gasteiger partial charge is 0.446 e. The van der Waals surface area contributed by atoms with Gasteiger partial charge in [0.2, 0.25) is 0 Å². The number of alkyl carbamates (subject to hydrolysis) is 1. The SMILES string of the molecule is Cn1cc(-c2cnc(N(C(=O)OCC(C)(C)O)C3CCC(NC(=O)OC(C)(C)C)CC3)cn2)cn1. The van der Waals surface area contributed by atoms with Crippen LogP contribution in [0.5, 0.6) is 0 Å². The predicted molar refractivity (Wildman–Crippen MR) is 130 cm³/mol. The molecule has 1 fully saturated rings. The molecule has 35 heavy (non-hydrogen) atoms. The number of nitrogens with zero attached hydrogens (tertiary/aromatic N) is 5. The molecule has 0 radical (unpaired) electrons. The highest BCUT2D eigenvalue weighted by molar-refractivity contribution is 5.87.